The Kier molecular flexibility index (Phi) is 3.81. The van der Waals surface area contributed by atoms with Crippen molar-refractivity contribution in [3.05, 3.63) is 59.4 Å². The van der Waals surface area contributed by atoms with Gasteiger partial charge in [0.15, 0.2) is 5.82 Å². The van der Waals surface area contributed by atoms with Crippen molar-refractivity contribution < 1.29 is 0 Å². The van der Waals surface area contributed by atoms with Gasteiger partial charge in [0.2, 0.25) is 5.95 Å². The van der Waals surface area contributed by atoms with Crippen molar-refractivity contribution >= 4 is 17.6 Å². The molecule has 26 heavy (non-hydrogen) atoms. The molecule has 0 spiro atoms. The van der Waals surface area contributed by atoms with Gasteiger partial charge in [-0.25, -0.2) is 4.98 Å². The number of aromatic nitrogens is 4. The van der Waals surface area contributed by atoms with Gasteiger partial charge in [0.25, 0.3) is 0 Å². The maximum absolute atomic E-state index is 4.78. The number of hydrogen-bond donors (Lipinski definition) is 2. The zero-order valence-corrected chi connectivity index (χ0v) is 14.7. The minimum atomic E-state index is 0.661. The highest BCUT2D eigenvalue weighted by molar-refractivity contribution is 5.55. The Morgan fingerprint density at radius 3 is 2.62 bits per heavy atom. The van der Waals surface area contributed by atoms with E-state index < -0.39 is 0 Å². The van der Waals surface area contributed by atoms with E-state index in [-0.39, 0.29) is 0 Å². The van der Waals surface area contributed by atoms with Crippen LogP contribution in [0.1, 0.15) is 42.1 Å². The third-order valence-electron chi connectivity index (χ3n) is 5.01. The number of anilines is 3. The van der Waals surface area contributed by atoms with E-state index in [1.807, 2.05) is 12.1 Å². The summed E-state index contributed by atoms with van der Waals surface area (Å²) in [7, 11) is 0. The molecule has 0 unspecified atom stereocenters. The second-order valence-electron chi connectivity index (χ2n) is 7.16. The van der Waals surface area contributed by atoms with Gasteiger partial charge in [-0.05, 0) is 24.8 Å². The van der Waals surface area contributed by atoms with Gasteiger partial charge in [-0.3, -0.25) is 5.10 Å². The van der Waals surface area contributed by atoms with Crippen LogP contribution in [-0.2, 0) is 6.42 Å². The van der Waals surface area contributed by atoms with E-state index in [1.54, 1.807) is 0 Å². The van der Waals surface area contributed by atoms with Crippen LogP contribution in [0.3, 0.4) is 0 Å². The molecule has 0 radical (unpaired) electrons. The SMILES string of the molecule is c1ccc(Cc2cc(Nc3cc(C4CC4)[nH]n3)nc(N3CCC3)n2)cc1. The normalized spacial score (nSPS) is 16.4. The van der Waals surface area contributed by atoms with Crippen LogP contribution in [0.5, 0.6) is 0 Å². The zero-order valence-electron chi connectivity index (χ0n) is 14.7. The van der Waals surface area contributed by atoms with Crippen LogP contribution in [0.15, 0.2) is 42.5 Å². The Bertz CT molecular complexity index is 896. The molecule has 2 aliphatic rings. The molecule has 2 N–H and O–H groups in total. The van der Waals surface area contributed by atoms with E-state index in [9.17, 15) is 0 Å². The highest BCUT2D eigenvalue weighted by Crippen LogP contribution is 2.39. The number of rotatable bonds is 6. The average Bonchev–Trinajstić information content (AvgIpc) is 3.34. The lowest BCUT2D eigenvalue weighted by Crippen LogP contribution is -2.38. The maximum atomic E-state index is 4.78. The quantitative estimate of drug-likeness (QED) is 0.713. The maximum Gasteiger partial charge on any atom is 0.227 e. The summed E-state index contributed by atoms with van der Waals surface area (Å²) in [5.74, 6) is 3.10. The van der Waals surface area contributed by atoms with Crippen molar-refractivity contribution in [1.82, 2.24) is 20.2 Å². The molecular formula is C20H22N6. The van der Waals surface area contributed by atoms with Crippen LogP contribution in [0.4, 0.5) is 17.6 Å². The Morgan fingerprint density at radius 1 is 1.04 bits per heavy atom. The number of nitrogens with one attached hydrogen (secondary N) is 2. The van der Waals surface area contributed by atoms with Crippen molar-refractivity contribution in [3.8, 4) is 0 Å². The molecule has 0 atom stereocenters. The van der Waals surface area contributed by atoms with Crippen LogP contribution in [0.2, 0.25) is 0 Å². The molecule has 6 nitrogen and oxygen atoms in total. The van der Waals surface area contributed by atoms with Crippen molar-refractivity contribution in [2.45, 2.75) is 31.6 Å². The first-order valence-electron chi connectivity index (χ1n) is 9.33. The molecule has 3 aromatic rings. The Labute approximate surface area is 152 Å². The van der Waals surface area contributed by atoms with E-state index in [4.69, 9.17) is 9.97 Å². The topological polar surface area (TPSA) is 69.7 Å². The summed E-state index contributed by atoms with van der Waals surface area (Å²) < 4.78 is 0. The summed E-state index contributed by atoms with van der Waals surface area (Å²) in [4.78, 5) is 11.7. The molecule has 2 fully saturated rings. The number of benzene rings is 1. The highest BCUT2D eigenvalue weighted by Gasteiger charge is 2.25. The molecule has 1 aliphatic carbocycles. The van der Waals surface area contributed by atoms with Crippen molar-refractivity contribution in [2.75, 3.05) is 23.3 Å². The molecule has 1 aromatic carbocycles. The minimum Gasteiger partial charge on any atom is -0.341 e. The summed E-state index contributed by atoms with van der Waals surface area (Å²) in [5.41, 5.74) is 3.49. The fraction of sp³-hybridized carbons (Fsp3) is 0.350. The number of nitrogens with zero attached hydrogens (tertiary/aromatic N) is 4. The van der Waals surface area contributed by atoms with E-state index in [0.717, 1.165) is 42.8 Å². The highest BCUT2D eigenvalue weighted by atomic mass is 15.3. The molecular weight excluding hydrogens is 324 g/mol. The molecule has 2 aromatic heterocycles. The molecule has 1 aliphatic heterocycles. The molecule has 1 saturated heterocycles. The summed E-state index contributed by atoms with van der Waals surface area (Å²) in [6, 6.07) is 14.6. The van der Waals surface area contributed by atoms with Gasteiger partial charge in [-0.1, -0.05) is 30.3 Å². The van der Waals surface area contributed by atoms with E-state index in [2.05, 4.69) is 50.7 Å². The Balaban J connectivity index is 1.41. The molecule has 0 bridgehead atoms. The number of aromatic amines is 1. The molecule has 3 heterocycles. The van der Waals surface area contributed by atoms with Gasteiger partial charge in [-0.2, -0.15) is 10.1 Å². The number of H-pyrrole nitrogens is 1. The molecule has 0 amide bonds. The Hall–Kier alpha value is -2.89. The van der Waals surface area contributed by atoms with Gasteiger partial charge in [0.05, 0.1) is 5.69 Å². The van der Waals surface area contributed by atoms with Crippen molar-refractivity contribution in [3.63, 3.8) is 0 Å². The fourth-order valence-corrected chi connectivity index (χ4v) is 3.24. The standard InChI is InChI=1S/C20H22N6/c1-2-5-14(6-3-1)11-16-12-18(23-20(21-16)26-9-4-10-26)22-19-13-17(24-25-19)15-7-8-15/h1-3,5-6,12-13,15H,4,7-11H2,(H2,21,22,23,24,25). The van der Waals surface area contributed by atoms with Gasteiger partial charge < -0.3 is 10.2 Å². The van der Waals surface area contributed by atoms with E-state index in [0.29, 0.717) is 5.92 Å². The van der Waals surface area contributed by atoms with Crippen LogP contribution >= 0.6 is 0 Å². The molecule has 6 heteroatoms. The summed E-state index contributed by atoms with van der Waals surface area (Å²) in [6.45, 7) is 2.06. The van der Waals surface area contributed by atoms with Crippen molar-refractivity contribution in [2.24, 2.45) is 0 Å². The van der Waals surface area contributed by atoms with Crippen LogP contribution in [-0.4, -0.2) is 33.3 Å². The van der Waals surface area contributed by atoms with Crippen LogP contribution < -0.4 is 10.2 Å². The van der Waals surface area contributed by atoms with E-state index in [1.165, 1.54) is 30.5 Å². The summed E-state index contributed by atoms with van der Waals surface area (Å²) in [6.07, 6.45) is 4.52. The first-order chi connectivity index (χ1) is 12.8. The predicted molar refractivity (Wildman–Crippen MR) is 102 cm³/mol. The fourth-order valence-electron chi connectivity index (χ4n) is 3.24. The smallest absolute Gasteiger partial charge is 0.227 e. The molecule has 5 rings (SSSR count). The molecule has 1 saturated carbocycles. The average molecular weight is 346 g/mol. The van der Waals surface area contributed by atoms with E-state index >= 15 is 0 Å². The second kappa shape index (κ2) is 6.44. The summed E-state index contributed by atoms with van der Waals surface area (Å²) in [5, 5.41) is 10.9. The monoisotopic (exact) mass is 346 g/mol. The van der Waals surface area contributed by atoms with Crippen LogP contribution in [0, 0.1) is 0 Å². The van der Waals surface area contributed by atoms with Crippen molar-refractivity contribution in [1.29, 1.82) is 0 Å². The minimum absolute atomic E-state index is 0.661. The van der Waals surface area contributed by atoms with Gasteiger partial charge >= 0.3 is 0 Å². The molecule has 132 valence electrons. The first kappa shape index (κ1) is 15.4. The number of hydrogen-bond acceptors (Lipinski definition) is 5. The predicted octanol–water partition coefficient (Wildman–Crippen LogP) is 3.62. The van der Waals surface area contributed by atoms with Gasteiger partial charge in [-0.15, -0.1) is 0 Å². The zero-order chi connectivity index (χ0) is 17.3. The summed E-state index contributed by atoms with van der Waals surface area (Å²) >= 11 is 0. The lowest BCUT2D eigenvalue weighted by Gasteiger charge is -2.31. The Morgan fingerprint density at radius 2 is 1.88 bits per heavy atom. The third kappa shape index (κ3) is 3.27. The van der Waals surface area contributed by atoms with Gasteiger partial charge in [0, 0.05) is 43.3 Å². The largest absolute Gasteiger partial charge is 0.341 e. The van der Waals surface area contributed by atoms with Crippen LogP contribution in [0.25, 0.3) is 0 Å². The van der Waals surface area contributed by atoms with Gasteiger partial charge in [0.1, 0.15) is 5.82 Å². The lowest BCUT2D eigenvalue weighted by atomic mass is 10.1. The third-order valence-corrected chi connectivity index (χ3v) is 5.01. The second-order valence-corrected chi connectivity index (χ2v) is 7.16. The first-order valence-corrected chi connectivity index (χ1v) is 9.33. The lowest BCUT2D eigenvalue weighted by molar-refractivity contribution is 0.599.